The number of rotatable bonds is 17. The van der Waals surface area contributed by atoms with Gasteiger partial charge >= 0.3 is 0 Å². The van der Waals surface area contributed by atoms with Gasteiger partial charge in [0.25, 0.3) is 5.91 Å². The van der Waals surface area contributed by atoms with E-state index >= 15 is 0 Å². The van der Waals surface area contributed by atoms with Crippen LogP contribution in [0.3, 0.4) is 0 Å². The van der Waals surface area contributed by atoms with Gasteiger partial charge in [-0.2, -0.15) is 0 Å². The number of unbranched alkanes of at least 4 members (excludes halogenated alkanes) is 7. The van der Waals surface area contributed by atoms with E-state index in [0.29, 0.717) is 13.2 Å². The third kappa shape index (κ3) is 13.0. The molecule has 1 atom stereocenters. The molecule has 0 saturated heterocycles. The van der Waals surface area contributed by atoms with Crippen LogP contribution in [0.1, 0.15) is 76.7 Å². The van der Waals surface area contributed by atoms with E-state index < -0.39 is 6.04 Å². The van der Waals surface area contributed by atoms with Gasteiger partial charge in [0, 0.05) is 6.42 Å². The number of amides is 1. The van der Waals surface area contributed by atoms with Crippen LogP contribution in [0.4, 0.5) is 0 Å². The quantitative estimate of drug-likeness (QED) is 0.221. The first kappa shape index (κ1) is 26.6. The summed E-state index contributed by atoms with van der Waals surface area (Å²) in [6.07, 6.45) is 11.6. The number of quaternary nitrogens is 1. The second kappa shape index (κ2) is 15.4. The fourth-order valence-electron chi connectivity index (χ4n) is 3.46. The molecule has 0 spiro atoms. The van der Waals surface area contributed by atoms with Crippen molar-refractivity contribution in [2.45, 2.75) is 83.8 Å². The summed E-state index contributed by atoms with van der Waals surface area (Å²) in [6, 6.07) is 9.48. The number of benzene rings is 1. The molecule has 0 bridgehead atoms. The standard InChI is InChI=1S/C25H46N3O2/c1-5-6-7-8-9-10-11-15-19-24(26)25(29)27(20-16-21-28(2,3)4)30-22-23-17-13-12-14-18-23/h12-14,17-18,24H,5-11,15-16,19-22,26H2,1-4H3/q+1. The van der Waals surface area contributed by atoms with Crippen LogP contribution in [0.15, 0.2) is 30.3 Å². The number of hydrogen-bond acceptors (Lipinski definition) is 3. The van der Waals surface area contributed by atoms with Crippen molar-refractivity contribution >= 4 is 5.91 Å². The van der Waals surface area contributed by atoms with E-state index in [1.165, 1.54) is 43.6 Å². The monoisotopic (exact) mass is 420 g/mol. The molecule has 0 heterocycles. The first-order valence-corrected chi connectivity index (χ1v) is 11.9. The maximum atomic E-state index is 12.9. The molecule has 0 radical (unpaired) electrons. The van der Waals surface area contributed by atoms with Crippen molar-refractivity contribution < 1.29 is 14.1 Å². The van der Waals surface area contributed by atoms with Crippen molar-refractivity contribution in [3.63, 3.8) is 0 Å². The van der Waals surface area contributed by atoms with Gasteiger partial charge in [0.1, 0.15) is 6.61 Å². The molecule has 0 aliphatic rings. The average Bonchev–Trinajstić information content (AvgIpc) is 2.71. The molecular weight excluding hydrogens is 374 g/mol. The van der Waals surface area contributed by atoms with E-state index in [4.69, 9.17) is 10.6 Å². The number of nitrogens with zero attached hydrogens (tertiary/aromatic N) is 2. The number of carbonyl (C=O) groups excluding carboxylic acids is 1. The van der Waals surface area contributed by atoms with E-state index in [0.717, 1.165) is 42.3 Å². The maximum Gasteiger partial charge on any atom is 0.263 e. The molecule has 0 aliphatic heterocycles. The molecule has 1 rings (SSSR count). The molecule has 30 heavy (non-hydrogen) atoms. The van der Waals surface area contributed by atoms with Crippen LogP contribution in [0.25, 0.3) is 0 Å². The fourth-order valence-corrected chi connectivity index (χ4v) is 3.46. The largest absolute Gasteiger partial charge is 0.331 e. The highest BCUT2D eigenvalue weighted by atomic mass is 16.7. The molecule has 2 N–H and O–H groups in total. The predicted molar refractivity (Wildman–Crippen MR) is 126 cm³/mol. The summed E-state index contributed by atoms with van der Waals surface area (Å²) in [4.78, 5) is 18.8. The van der Waals surface area contributed by atoms with E-state index in [-0.39, 0.29) is 5.91 Å². The van der Waals surface area contributed by atoms with Gasteiger partial charge in [-0.15, -0.1) is 0 Å². The van der Waals surface area contributed by atoms with E-state index in [1.807, 2.05) is 30.3 Å². The van der Waals surface area contributed by atoms with Crippen molar-refractivity contribution in [1.82, 2.24) is 5.06 Å². The maximum absolute atomic E-state index is 12.9. The topological polar surface area (TPSA) is 55.6 Å². The van der Waals surface area contributed by atoms with Crippen LogP contribution in [0.5, 0.6) is 0 Å². The molecule has 1 aromatic rings. The first-order chi connectivity index (χ1) is 14.3. The van der Waals surface area contributed by atoms with Gasteiger partial charge in [-0.25, -0.2) is 5.06 Å². The van der Waals surface area contributed by atoms with Crippen LogP contribution < -0.4 is 5.73 Å². The summed E-state index contributed by atoms with van der Waals surface area (Å²) in [7, 11) is 6.47. The second-order valence-corrected chi connectivity index (χ2v) is 9.44. The third-order valence-corrected chi connectivity index (χ3v) is 5.35. The average molecular weight is 421 g/mol. The third-order valence-electron chi connectivity index (χ3n) is 5.35. The predicted octanol–water partition coefficient (Wildman–Crippen LogP) is 4.90. The van der Waals surface area contributed by atoms with Gasteiger partial charge in [0.15, 0.2) is 0 Å². The van der Waals surface area contributed by atoms with Crippen LogP contribution >= 0.6 is 0 Å². The van der Waals surface area contributed by atoms with E-state index in [9.17, 15) is 4.79 Å². The number of hydroxylamine groups is 2. The molecule has 0 aromatic heterocycles. The molecule has 1 amide bonds. The summed E-state index contributed by atoms with van der Waals surface area (Å²) in [5.74, 6) is -0.0877. The van der Waals surface area contributed by atoms with Gasteiger partial charge in [-0.1, -0.05) is 88.6 Å². The molecule has 5 nitrogen and oxygen atoms in total. The normalized spacial score (nSPS) is 12.7. The Hall–Kier alpha value is -1.43. The molecule has 1 unspecified atom stereocenters. The molecule has 5 heteroatoms. The van der Waals surface area contributed by atoms with E-state index in [2.05, 4.69) is 28.1 Å². The lowest BCUT2D eigenvalue weighted by Crippen LogP contribution is -2.45. The summed E-state index contributed by atoms with van der Waals surface area (Å²) in [5.41, 5.74) is 7.30. The van der Waals surface area contributed by atoms with Gasteiger partial charge in [0.2, 0.25) is 0 Å². The second-order valence-electron chi connectivity index (χ2n) is 9.44. The zero-order valence-corrected chi connectivity index (χ0v) is 19.9. The van der Waals surface area contributed by atoms with Crippen LogP contribution in [-0.2, 0) is 16.2 Å². The van der Waals surface area contributed by atoms with Gasteiger partial charge in [-0.05, 0) is 12.0 Å². The minimum absolute atomic E-state index is 0.0877. The Balaban J connectivity index is 2.43. The number of nitrogens with two attached hydrogens (primary N) is 1. The summed E-state index contributed by atoms with van der Waals surface area (Å²) in [6.45, 7) is 4.19. The van der Waals surface area contributed by atoms with Crippen molar-refractivity contribution in [2.75, 3.05) is 34.2 Å². The lowest BCUT2D eigenvalue weighted by atomic mass is 10.0. The molecule has 1 aromatic carbocycles. The lowest BCUT2D eigenvalue weighted by Gasteiger charge is -2.28. The molecular formula is C25H46N3O2+. The van der Waals surface area contributed by atoms with Crippen molar-refractivity contribution in [3.05, 3.63) is 35.9 Å². The van der Waals surface area contributed by atoms with Crippen LogP contribution in [-0.4, -0.2) is 55.7 Å². The highest BCUT2D eigenvalue weighted by Crippen LogP contribution is 2.12. The van der Waals surface area contributed by atoms with Gasteiger partial charge in [-0.3, -0.25) is 9.63 Å². The Morgan fingerprint density at radius 1 is 0.967 bits per heavy atom. The zero-order chi connectivity index (χ0) is 22.2. The first-order valence-electron chi connectivity index (χ1n) is 11.9. The minimum Gasteiger partial charge on any atom is -0.331 e. The van der Waals surface area contributed by atoms with Crippen molar-refractivity contribution in [3.8, 4) is 0 Å². The molecule has 0 saturated carbocycles. The minimum atomic E-state index is -0.481. The van der Waals surface area contributed by atoms with Crippen LogP contribution in [0, 0.1) is 0 Å². The van der Waals surface area contributed by atoms with Gasteiger partial charge < -0.3 is 10.2 Å². The summed E-state index contributed by atoms with van der Waals surface area (Å²) >= 11 is 0. The van der Waals surface area contributed by atoms with E-state index in [1.54, 1.807) is 0 Å². The fraction of sp³-hybridized carbons (Fsp3) is 0.720. The highest BCUT2D eigenvalue weighted by Gasteiger charge is 2.22. The molecule has 172 valence electrons. The Morgan fingerprint density at radius 3 is 2.17 bits per heavy atom. The Bertz CT molecular complexity index is 557. The lowest BCUT2D eigenvalue weighted by molar-refractivity contribution is -0.870. The van der Waals surface area contributed by atoms with Gasteiger partial charge in [0.05, 0.1) is 40.3 Å². The zero-order valence-electron chi connectivity index (χ0n) is 19.9. The SMILES string of the molecule is CCCCCCCCCCC(N)C(=O)N(CCC[N+](C)(C)C)OCc1ccccc1. The highest BCUT2D eigenvalue weighted by molar-refractivity contribution is 5.80. The summed E-state index contributed by atoms with van der Waals surface area (Å²) < 4.78 is 0.866. The summed E-state index contributed by atoms with van der Waals surface area (Å²) in [5, 5.41) is 1.51. The van der Waals surface area contributed by atoms with Crippen molar-refractivity contribution in [2.24, 2.45) is 5.73 Å². The van der Waals surface area contributed by atoms with Crippen molar-refractivity contribution in [1.29, 1.82) is 0 Å². The Morgan fingerprint density at radius 2 is 1.57 bits per heavy atom. The molecule has 0 aliphatic carbocycles. The molecule has 0 fully saturated rings. The number of carbonyl (C=O) groups is 1. The Labute approximate surface area is 185 Å². The van der Waals surface area contributed by atoms with Crippen LogP contribution in [0.2, 0.25) is 0 Å². The Kier molecular flexibility index (Phi) is 13.6. The number of hydrogen-bond donors (Lipinski definition) is 1. The smallest absolute Gasteiger partial charge is 0.263 e.